The van der Waals surface area contributed by atoms with Crippen LogP contribution in [0, 0.1) is 6.92 Å². The Morgan fingerprint density at radius 1 is 1.21 bits per heavy atom. The lowest BCUT2D eigenvalue weighted by atomic mass is 9.66. The first-order valence-corrected chi connectivity index (χ1v) is 9.20. The van der Waals surface area contributed by atoms with Crippen LogP contribution >= 0.6 is 0 Å². The van der Waals surface area contributed by atoms with Gasteiger partial charge in [-0.2, -0.15) is 4.52 Å². The topological polar surface area (TPSA) is 109 Å². The largest absolute Gasteiger partial charge is 0.470 e. The Hall–Kier alpha value is -3.30. The van der Waals surface area contributed by atoms with Gasteiger partial charge in [-0.15, -0.1) is 20.4 Å². The Bertz CT molecular complexity index is 1150. The van der Waals surface area contributed by atoms with Gasteiger partial charge >= 0.3 is 0 Å². The maximum Gasteiger partial charge on any atom is 0.236 e. The highest BCUT2D eigenvalue weighted by atomic mass is 16.5. The van der Waals surface area contributed by atoms with Gasteiger partial charge in [0.2, 0.25) is 11.7 Å². The normalized spacial score (nSPS) is 15.7. The van der Waals surface area contributed by atoms with Crippen LogP contribution in [0.1, 0.15) is 43.2 Å². The summed E-state index contributed by atoms with van der Waals surface area (Å²) >= 11 is 0. The highest BCUT2D eigenvalue weighted by Gasteiger charge is 2.37. The van der Waals surface area contributed by atoms with E-state index in [1.165, 1.54) is 6.42 Å². The van der Waals surface area contributed by atoms with Crippen molar-refractivity contribution in [2.45, 2.75) is 45.1 Å². The predicted molar refractivity (Wildman–Crippen MR) is 97.6 cm³/mol. The molecule has 0 spiro atoms. The molecule has 0 aliphatic heterocycles. The van der Waals surface area contributed by atoms with Crippen molar-refractivity contribution < 1.29 is 9.26 Å². The maximum absolute atomic E-state index is 6.08. The van der Waals surface area contributed by atoms with Crippen LogP contribution in [0.4, 0.5) is 0 Å². The average molecular weight is 380 g/mol. The Morgan fingerprint density at radius 3 is 2.71 bits per heavy atom. The van der Waals surface area contributed by atoms with Crippen molar-refractivity contribution in [3.05, 3.63) is 35.3 Å². The van der Waals surface area contributed by atoms with Crippen LogP contribution in [0.2, 0.25) is 0 Å². The number of ether oxygens (including phenoxy) is 1. The molecule has 5 rings (SSSR count). The van der Waals surface area contributed by atoms with E-state index in [-0.39, 0.29) is 12.0 Å². The first-order chi connectivity index (χ1) is 13.5. The van der Waals surface area contributed by atoms with Crippen LogP contribution in [-0.2, 0) is 19.1 Å². The van der Waals surface area contributed by atoms with E-state index in [4.69, 9.17) is 14.4 Å². The zero-order chi connectivity index (χ0) is 19.3. The fraction of sp³-hybridized carbons (Fsp3) is 0.444. The van der Waals surface area contributed by atoms with Crippen molar-refractivity contribution in [1.29, 1.82) is 0 Å². The van der Waals surface area contributed by atoms with Gasteiger partial charge in [0.05, 0.1) is 6.20 Å². The number of hydrogen-bond acceptors (Lipinski definition) is 8. The molecule has 1 saturated carbocycles. The number of hydrogen-bond donors (Lipinski definition) is 0. The van der Waals surface area contributed by atoms with E-state index < -0.39 is 0 Å². The predicted octanol–water partition coefficient (Wildman–Crippen LogP) is 2.24. The summed E-state index contributed by atoms with van der Waals surface area (Å²) in [7, 11) is 1.82. The van der Waals surface area contributed by atoms with E-state index in [0.29, 0.717) is 28.8 Å². The van der Waals surface area contributed by atoms with Gasteiger partial charge in [-0.1, -0.05) is 23.7 Å². The third kappa shape index (κ3) is 2.72. The molecule has 0 bridgehead atoms. The van der Waals surface area contributed by atoms with Crippen molar-refractivity contribution in [2.24, 2.45) is 7.05 Å². The van der Waals surface area contributed by atoms with Gasteiger partial charge in [-0.25, -0.2) is 0 Å². The van der Waals surface area contributed by atoms with Crippen molar-refractivity contribution >= 4 is 5.65 Å². The third-order valence-corrected chi connectivity index (χ3v) is 5.33. The molecule has 10 nitrogen and oxygen atoms in total. The molecule has 0 N–H and O–H groups in total. The fourth-order valence-corrected chi connectivity index (χ4v) is 3.57. The van der Waals surface area contributed by atoms with Gasteiger partial charge in [0, 0.05) is 18.7 Å². The summed E-state index contributed by atoms with van der Waals surface area (Å²) in [6, 6.07) is 3.82. The molecule has 0 atom stereocenters. The van der Waals surface area contributed by atoms with Gasteiger partial charge in [0.1, 0.15) is 18.1 Å². The number of nitrogens with zero attached hydrogens (tertiary/aromatic N) is 8. The van der Waals surface area contributed by atoms with Gasteiger partial charge in [0.25, 0.3) is 0 Å². The van der Waals surface area contributed by atoms with Gasteiger partial charge in [-0.3, -0.25) is 4.68 Å². The smallest absolute Gasteiger partial charge is 0.236 e. The Balaban J connectivity index is 1.58. The zero-order valence-electron chi connectivity index (χ0n) is 16.0. The number of aromatic nitrogens is 8. The monoisotopic (exact) mass is 380 g/mol. The van der Waals surface area contributed by atoms with E-state index in [1.54, 1.807) is 15.3 Å². The minimum absolute atomic E-state index is 0.0308. The number of fused-ring (bicyclic) bond motifs is 1. The van der Waals surface area contributed by atoms with Crippen molar-refractivity contribution in [1.82, 2.24) is 40.0 Å². The second kappa shape index (κ2) is 6.11. The zero-order valence-corrected chi connectivity index (χ0v) is 16.0. The Labute approximate surface area is 160 Å². The van der Waals surface area contributed by atoms with E-state index in [9.17, 15) is 0 Å². The minimum Gasteiger partial charge on any atom is -0.470 e. The highest BCUT2D eigenvalue weighted by Crippen LogP contribution is 2.46. The van der Waals surface area contributed by atoms with Crippen LogP contribution < -0.4 is 4.74 Å². The molecule has 0 amide bonds. The number of rotatable bonds is 5. The van der Waals surface area contributed by atoms with Crippen LogP contribution in [0.15, 0.2) is 22.9 Å². The minimum atomic E-state index is 0.0308. The standard InChI is InChI=1S/C18H20N8O2/c1-11-7-14(23-28-11)16-21-20-15-8-13(18(2)5-4-6-18)17(22-26(15)16)27-10-12-9-25(3)24-19-12/h7-9H,4-6,10H2,1-3H3. The average Bonchev–Trinajstić information content (AvgIpc) is 3.36. The first-order valence-electron chi connectivity index (χ1n) is 9.20. The van der Waals surface area contributed by atoms with Crippen molar-refractivity contribution in [2.75, 3.05) is 0 Å². The molecule has 28 heavy (non-hydrogen) atoms. The van der Waals surface area contributed by atoms with Crippen molar-refractivity contribution in [3.63, 3.8) is 0 Å². The summed E-state index contributed by atoms with van der Waals surface area (Å²) in [5.74, 6) is 1.77. The Morgan fingerprint density at radius 2 is 2.07 bits per heavy atom. The molecule has 4 heterocycles. The lowest BCUT2D eigenvalue weighted by Gasteiger charge is -2.39. The molecule has 4 aromatic rings. The summed E-state index contributed by atoms with van der Waals surface area (Å²) < 4.78 is 14.6. The van der Waals surface area contributed by atoms with Gasteiger partial charge < -0.3 is 9.26 Å². The lowest BCUT2D eigenvalue weighted by molar-refractivity contribution is 0.235. The van der Waals surface area contributed by atoms with E-state index in [2.05, 4.69) is 32.6 Å². The van der Waals surface area contributed by atoms with Gasteiger partial charge in [0.15, 0.2) is 11.3 Å². The number of aryl methyl sites for hydroxylation is 2. The summed E-state index contributed by atoms with van der Waals surface area (Å²) in [5, 5.41) is 25.3. The molecule has 1 fully saturated rings. The first kappa shape index (κ1) is 16.8. The second-order valence-electron chi connectivity index (χ2n) is 7.57. The summed E-state index contributed by atoms with van der Waals surface area (Å²) in [6.45, 7) is 4.35. The molecule has 10 heteroatoms. The quantitative estimate of drug-likeness (QED) is 0.518. The summed E-state index contributed by atoms with van der Waals surface area (Å²) in [5.41, 5.74) is 3.06. The molecular formula is C18H20N8O2. The fourth-order valence-electron chi connectivity index (χ4n) is 3.57. The second-order valence-corrected chi connectivity index (χ2v) is 7.57. The molecule has 0 unspecified atom stereocenters. The maximum atomic E-state index is 6.08. The van der Waals surface area contributed by atoms with E-state index in [1.807, 2.05) is 26.2 Å². The molecule has 0 radical (unpaired) electrons. The van der Waals surface area contributed by atoms with Gasteiger partial charge in [-0.05, 0) is 31.2 Å². The summed E-state index contributed by atoms with van der Waals surface area (Å²) in [4.78, 5) is 0. The van der Waals surface area contributed by atoms with Crippen LogP contribution in [0.3, 0.4) is 0 Å². The van der Waals surface area contributed by atoms with Crippen LogP contribution in [0.25, 0.3) is 17.2 Å². The third-order valence-electron chi connectivity index (χ3n) is 5.33. The molecular weight excluding hydrogens is 360 g/mol. The lowest BCUT2D eigenvalue weighted by Crippen LogP contribution is -2.31. The highest BCUT2D eigenvalue weighted by molar-refractivity contribution is 5.56. The SMILES string of the molecule is Cc1cc(-c2nnc3cc(C4(C)CCC4)c(OCc4cn(C)nn4)nn23)no1. The molecule has 4 aromatic heterocycles. The summed E-state index contributed by atoms with van der Waals surface area (Å²) in [6.07, 6.45) is 5.21. The molecule has 0 aromatic carbocycles. The molecule has 144 valence electrons. The van der Waals surface area contributed by atoms with Crippen molar-refractivity contribution in [3.8, 4) is 17.4 Å². The van der Waals surface area contributed by atoms with Crippen LogP contribution in [0.5, 0.6) is 5.88 Å². The molecule has 1 aliphatic rings. The van der Waals surface area contributed by atoms with E-state index >= 15 is 0 Å². The molecule has 0 saturated heterocycles. The Kier molecular flexibility index (Phi) is 3.68. The molecule has 1 aliphatic carbocycles. The van der Waals surface area contributed by atoms with Crippen LogP contribution in [-0.4, -0.2) is 40.0 Å². The van der Waals surface area contributed by atoms with E-state index in [0.717, 1.165) is 24.1 Å².